The Balaban J connectivity index is 1.23. The number of aryl methyl sites for hydroxylation is 1. The number of carbonyl (C=O) groups excluding carboxylic acids is 4. The van der Waals surface area contributed by atoms with E-state index in [1.807, 2.05) is 58.9 Å². The number of sulfonamides is 1. The van der Waals surface area contributed by atoms with Gasteiger partial charge in [-0.25, -0.2) is 13.4 Å². The predicted molar refractivity (Wildman–Crippen MR) is 223 cm³/mol. The molecule has 5 atom stereocenters. The third-order valence-corrected chi connectivity index (χ3v) is 14.3. The number of carbonyl (C=O) groups is 4. The fourth-order valence-corrected chi connectivity index (χ4v) is 9.39. The van der Waals surface area contributed by atoms with Crippen LogP contribution in [-0.2, 0) is 24.4 Å². The summed E-state index contributed by atoms with van der Waals surface area (Å²) >= 11 is 0. The van der Waals surface area contributed by atoms with Gasteiger partial charge < -0.3 is 29.7 Å². The highest BCUT2D eigenvalue weighted by Crippen LogP contribution is 2.47. The topological polar surface area (TPSA) is 200 Å². The van der Waals surface area contributed by atoms with Gasteiger partial charge in [0.2, 0.25) is 27.7 Å². The van der Waals surface area contributed by atoms with Gasteiger partial charge in [0.15, 0.2) is 0 Å². The Morgan fingerprint density at radius 3 is 2.50 bits per heavy atom. The highest BCUT2D eigenvalue weighted by atomic mass is 32.2. The third-order valence-electron chi connectivity index (χ3n) is 12.1. The summed E-state index contributed by atoms with van der Waals surface area (Å²) in [5.41, 5.74) is -0.00613. The lowest BCUT2D eigenvalue weighted by Gasteiger charge is -2.30. The zero-order chi connectivity index (χ0) is 43.1. The number of ether oxygens (including phenoxy) is 3. The molecule has 0 bridgehead atoms. The molecule has 4 heterocycles. The van der Waals surface area contributed by atoms with Crippen LogP contribution in [-0.4, -0.2) is 99.9 Å². The number of rotatable bonds is 11. The SMILES string of the molecule is COc1ccc2c(O[C@@H]3C[C@H]4C(=O)N[C@]5(C(=O)NS(=O)(=O)C6(C)CC6)C[C@H]5C=CCCCCC[C@H](NC(=O)c5ccn(C(C)C)n5)C(=O)N4C3)cc(OC(C)C)nc2c1C. The Kier molecular flexibility index (Phi) is 11.9. The molecule has 2 saturated carbocycles. The highest BCUT2D eigenvalue weighted by Gasteiger charge is 2.63. The molecule has 0 unspecified atom stereocenters. The molecular weight excluding hydrogens is 791 g/mol. The fourth-order valence-electron chi connectivity index (χ4n) is 8.08. The van der Waals surface area contributed by atoms with Gasteiger partial charge >= 0.3 is 0 Å². The van der Waals surface area contributed by atoms with Crippen LogP contribution in [0.4, 0.5) is 0 Å². The number of pyridine rings is 1. The first kappa shape index (κ1) is 42.9. The summed E-state index contributed by atoms with van der Waals surface area (Å²) in [7, 11) is -2.43. The van der Waals surface area contributed by atoms with E-state index in [0.29, 0.717) is 60.4 Å². The van der Waals surface area contributed by atoms with Crippen molar-refractivity contribution < 1.29 is 41.8 Å². The lowest BCUT2D eigenvalue weighted by Crippen LogP contribution is -2.58. The summed E-state index contributed by atoms with van der Waals surface area (Å²) in [6, 6.07) is 4.81. The van der Waals surface area contributed by atoms with Crippen LogP contribution in [0.25, 0.3) is 10.9 Å². The minimum Gasteiger partial charge on any atom is -0.496 e. The standard InChI is InChI=1S/C43H57N7O9S/c1-25(2)50-20-17-31(47-50)38(51)44-32-14-12-10-8-9-11-13-28-23-43(28,41(54)48-60(55,56)42(6)18-19-42)46-39(52)33-21-29(24-49(33)40(32)53)59-35-22-36(58-26(3)4)45-37-27(5)34(57-7)16-15-30(35)37/h11,13,15-17,20,22,25-26,28-29,32-33H,8-10,12,14,18-19,21,23-24H2,1-7H3,(H,44,51)(H,46,52)(H,48,54)/t28-,29-,32+,33+,43-/m1/s1. The number of fused-ring (bicyclic) bond motifs is 3. The molecule has 2 aromatic heterocycles. The number of aromatic nitrogens is 3. The summed E-state index contributed by atoms with van der Waals surface area (Å²) in [5, 5.41) is 10.9. The Labute approximate surface area is 351 Å². The van der Waals surface area contributed by atoms with Crippen LogP contribution in [0.15, 0.2) is 42.6 Å². The molecule has 324 valence electrons. The molecule has 3 aromatic rings. The van der Waals surface area contributed by atoms with Crippen molar-refractivity contribution in [3.63, 3.8) is 0 Å². The fraction of sp³-hybridized carbons (Fsp3) is 0.581. The van der Waals surface area contributed by atoms with E-state index in [-0.39, 0.29) is 37.2 Å². The van der Waals surface area contributed by atoms with Crippen molar-refractivity contribution in [2.75, 3.05) is 13.7 Å². The molecule has 17 heteroatoms. The number of hydrogen-bond donors (Lipinski definition) is 3. The van der Waals surface area contributed by atoms with Crippen molar-refractivity contribution >= 4 is 44.6 Å². The maximum Gasteiger partial charge on any atom is 0.272 e. The molecule has 1 saturated heterocycles. The summed E-state index contributed by atoms with van der Waals surface area (Å²) in [6.07, 6.45) is 8.86. The van der Waals surface area contributed by atoms with E-state index >= 15 is 0 Å². The van der Waals surface area contributed by atoms with Crippen LogP contribution >= 0.6 is 0 Å². The van der Waals surface area contributed by atoms with Gasteiger partial charge in [-0.2, -0.15) is 5.10 Å². The number of benzene rings is 1. The molecule has 0 radical (unpaired) electrons. The van der Waals surface area contributed by atoms with Gasteiger partial charge in [-0.15, -0.1) is 0 Å². The first-order valence-corrected chi connectivity index (χ1v) is 22.5. The van der Waals surface area contributed by atoms with E-state index < -0.39 is 68.0 Å². The van der Waals surface area contributed by atoms with Gasteiger partial charge in [0, 0.05) is 41.6 Å². The Bertz CT molecular complexity index is 2300. The second-order valence-corrected chi connectivity index (χ2v) is 19.6. The first-order chi connectivity index (χ1) is 28.4. The van der Waals surface area contributed by atoms with Gasteiger partial charge in [0.1, 0.15) is 40.9 Å². The Hall–Kier alpha value is -5.19. The molecule has 2 aliphatic carbocycles. The van der Waals surface area contributed by atoms with E-state index in [2.05, 4.69) is 20.5 Å². The molecule has 16 nitrogen and oxygen atoms in total. The smallest absolute Gasteiger partial charge is 0.272 e. The minimum absolute atomic E-state index is 0.0197. The number of methoxy groups -OCH3 is 1. The number of amides is 4. The average molecular weight is 848 g/mol. The number of hydrogen-bond acceptors (Lipinski definition) is 11. The van der Waals surface area contributed by atoms with E-state index in [9.17, 15) is 27.6 Å². The van der Waals surface area contributed by atoms with Crippen LogP contribution < -0.4 is 29.6 Å². The van der Waals surface area contributed by atoms with Crippen LogP contribution in [0, 0.1) is 12.8 Å². The van der Waals surface area contributed by atoms with Crippen molar-refractivity contribution in [2.24, 2.45) is 5.92 Å². The molecule has 4 amide bonds. The normalized spacial score (nSPS) is 25.4. The molecule has 7 rings (SSSR count). The van der Waals surface area contributed by atoms with Crippen LogP contribution in [0.1, 0.15) is 114 Å². The van der Waals surface area contributed by atoms with Crippen LogP contribution in [0.3, 0.4) is 0 Å². The first-order valence-electron chi connectivity index (χ1n) is 21.0. The summed E-state index contributed by atoms with van der Waals surface area (Å²) < 4.78 is 47.7. The number of nitrogens with zero attached hydrogens (tertiary/aromatic N) is 4. The van der Waals surface area contributed by atoms with E-state index in [1.54, 1.807) is 37.0 Å². The monoisotopic (exact) mass is 847 g/mol. The third kappa shape index (κ3) is 8.68. The van der Waals surface area contributed by atoms with Crippen molar-refractivity contribution in [3.05, 3.63) is 53.9 Å². The molecule has 60 heavy (non-hydrogen) atoms. The van der Waals surface area contributed by atoms with Gasteiger partial charge in [-0.3, -0.25) is 28.6 Å². The van der Waals surface area contributed by atoms with Crippen molar-refractivity contribution in [2.45, 2.75) is 140 Å². The summed E-state index contributed by atoms with van der Waals surface area (Å²) in [6.45, 7) is 11.1. The van der Waals surface area contributed by atoms with E-state index in [4.69, 9.17) is 19.2 Å². The van der Waals surface area contributed by atoms with Crippen molar-refractivity contribution in [1.82, 2.24) is 35.0 Å². The predicted octanol–water partition coefficient (Wildman–Crippen LogP) is 4.66. The van der Waals surface area contributed by atoms with Gasteiger partial charge in [-0.05, 0) is 98.3 Å². The van der Waals surface area contributed by atoms with Gasteiger partial charge in [-0.1, -0.05) is 25.0 Å². The van der Waals surface area contributed by atoms with Gasteiger partial charge in [0.05, 0.1) is 30.0 Å². The zero-order valence-electron chi connectivity index (χ0n) is 35.4. The molecular formula is C43H57N7O9S. The van der Waals surface area contributed by atoms with Crippen molar-refractivity contribution in [1.29, 1.82) is 0 Å². The molecule has 0 spiro atoms. The zero-order valence-corrected chi connectivity index (χ0v) is 36.3. The largest absolute Gasteiger partial charge is 0.496 e. The molecule has 1 aromatic carbocycles. The molecule has 3 fully saturated rings. The maximum atomic E-state index is 14.8. The van der Waals surface area contributed by atoms with Crippen LogP contribution in [0.2, 0.25) is 0 Å². The maximum absolute atomic E-state index is 14.8. The van der Waals surface area contributed by atoms with Crippen molar-refractivity contribution in [3.8, 4) is 17.4 Å². The molecule has 2 aliphatic heterocycles. The van der Waals surface area contributed by atoms with Crippen LogP contribution in [0.5, 0.6) is 17.4 Å². The Morgan fingerprint density at radius 2 is 1.82 bits per heavy atom. The Morgan fingerprint density at radius 1 is 1.05 bits per heavy atom. The number of nitrogens with one attached hydrogen (secondary N) is 3. The summed E-state index contributed by atoms with van der Waals surface area (Å²) in [5.74, 6) is -1.50. The highest BCUT2D eigenvalue weighted by molar-refractivity contribution is 7.91. The van der Waals surface area contributed by atoms with E-state index in [1.165, 1.54) is 4.90 Å². The molecule has 3 N–H and O–H groups in total. The van der Waals surface area contributed by atoms with E-state index in [0.717, 1.165) is 18.4 Å². The lowest BCUT2D eigenvalue weighted by molar-refractivity contribution is -0.141. The minimum atomic E-state index is -4.01. The summed E-state index contributed by atoms with van der Waals surface area (Å²) in [4.78, 5) is 63.3. The number of allylic oxidation sites excluding steroid dienone is 1. The average Bonchev–Trinajstić information content (AvgIpc) is 3.96. The quantitative estimate of drug-likeness (QED) is 0.227. The second kappa shape index (κ2) is 16.7. The second-order valence-electron chi connectivity index (χ2n) is 17.4. The lowest BCUT2D eigenvalue weighted by atomic mass is 10.0. The van der Waals surface area contributed by atoms with Gasteiger partial charge in [0.25, 0.3) is 11.8 Å². The molecule has 4 aliphatic rings.